The number of Topliss-reactive ketones (excluding diaryl/α,β-unsaturated/α-hetero) is 1. The summed E-state index contributed by atoms with van der Waals surface area (Å²) in [5, 5.41) is 10.3. The van der Waals surface area contributed by atoms with Crippen LogP contribution in [0.2, 0.25) is 0 Å². The van der Waals surface area contributed by atoms with Crippen LogP contribution in [0, 0.1) is 5.92 Å². The van der Waals surface area contributed by atoms with Crippen molar-refractivity contribution in [1.82, 2.24) is 0 Å². The first-order valence-corrected chi connectivity index (χ1v) is 10.5. The first-order chi connectivity index (χ1) is 14.5. The highest BCUT2D eigenvalue weighted by molar-refractivity contribution is 6.00. The van der Waals surface area contributed by atoms with Crippen molar-refractivity contribution >= 4 is 5.78 Å². The second kappa shape index (κ2) is 13.1. The van der Waals surface area contributed by atoms with Crippen LogP contribution in [0.4, 0.5) is 0 Å². The number of carbonyl (C=O) groups excluding carboxylic acids is 1. The molecule has 1 unspecified atom stereocenters. The summed E-state index contributed by atoms with van der Waals surface area (Å²) in [6.07, 6.45) is 0. The van der Waals surface area contributed by atoms with Crippen molar-refractivity contribution in [2.45, 2.75) is 53.2 Å². The molecule has 6 nitrogen and oxygen atoms in total. The van der Waals surface area contributed by atoms with Gasteiger partial charge in [0.05, 0.1) is 13.2 Å². The van der Waals surface area contributed by atoms with Crippen LogP contribution < -0.4 is 10.5 Å². The van der Waals surface area contributed by atoms with Crippen LogP contribution in [0.15, 0.2) is 54.6 Å². The predicted molar refractivity (Wildman–Crippen MR) is 118 cm³/mol. The SMILES string of the molecule is CC.CC.CC1COC(O)(C(N)C(=O)c2ccc(OCc3ccccc3)cc2)OC1. The van der Waals surface area contributed by atoms with Crippen LogP contribution in [0.25, 0.3) is 0 Å². The Bertz CT molecular complexity index is 725. The average molecular weight is 418 g/mol. The molecule has 0 aromatic heterocycles. The number of carbonyl (C=O) groups is 1. The molecule has 3 rings (SSSR count). The van der Waals surface area contributed by atoms with Gasteiger partial charge in [-0.15, -0.1) is 0 Å². The molecule has 30 heavy (non-hydrogen) atoms. The third kappa shape index (κ3) is 7.22. The van der Waals surface area contributed by atoms with Crippen molar-refractivity contribution in [3.63, 3.8) is 0 Å². The summed E-state index contributed by atoms with van der Waals surface area (Å²) in [5.41, 5.74) is 7.30. The number of benzene rings is 2. The quantitative estimate of drug-likeness (QED) is 0.686. The molecule has 3 N–H and O–H groups in total. The lowest BCUT2D eigenvalue weighted by Gasteiger charge is -2.37. The summed E-state index contributed by atoms with van der Waals surface area (Å²) < 4.78 is 16.2. The van der Waals surface area contributed by atoms with Crippen LogP contribution in [0.5, 0.6) is 5.75 Å². The molecule has 1 saturated heterocycles. The Morgan fingerprint density at radius 2 is 1.60 bits per heavy atom. The van der Waals surface area contributed by atoms with Gasteiger partial charge in [0.15, 0.2) is 11.8 Å². The third-order valence-electron chi connectivity index (χ3n) is 4.21. The molecular weight excluding hydrogens is 382 g/mol. The van der Waals surface area contributed by atoms with Gasteiger partial charge in [-0.1, -0.05) is 65.0 Å². The van der Waals surface area contributed by atoms with E-state index in [-0.39, 0.29) is 19.1 Å². The predicted octanol–water partition coefficient (Wildman–Crippen LogP) is 4.16. The van der Waals surface area contributed by atoms with Crippen molar-refractivity contribution in [2.24, 2.45) is 11.7 Å². The molecule has 0 spiro atoms. The number of hydrogen-bond donors (Lipinski definition) is 2. The monoisotopic (exact) mass is 417 g/mol. The first kappa shape index (κ1) is 25.8. The first-order valence-electron chi connectivity index (χ1n) is 10.5. The zero-order chi connectivity index (χ0) is 22.6. The van der Waals surface area contributed by atoms with E-state index in [4.69, 9.17) is 19.9 Å². The molecule has 166 valence electrons. The van der Waals surface area contributed by atoms with Crippen LogP contribution in [0.3, 0.4) is 0 Å². The van der Waals surface area contributed by atoms with E-state index in [1.165, 1.54) is 0 Å². The molecular formula is C24H35NO5. The van der Waals surface area contributed by atoms with Gasteiger partial charge in [0.25, 0.3) is 0 Å². The maximum absolute atomic E-state index is 12.5. The molecule has 0 saturated carbocycles. The van der Waals surface area contributed by atoms with Crippen molar-refractivity contribution in [3.05, 3.63) is 65.7 Å². The number of hydrogen-bond acceptors (Lipinski definition) is 6. The lowest BCUT2D eigenvalue weighted by atomic mass is 10.0. The molecule has 2 aromatic carbocycles. The summed E-state index contributed by atoms with van der Waals surface area (Å²) in [5.74, 6) is -1.78. The fourth-order valence-corrected chi connectivity index (χ4v) is 2.59. The van der Waals surface area contributed by atoms with Crippen LogP contribution >= 0.6 is 0 Å². The Labute approximate surface area is 180 Å². The Morgan fingerprint density at radius 1 is 1.07 bits per heavy atom. The Kier molecular flexibility index (Phi) is 11.3. The topological polar surface area (TPSA) is 91.0 Å². The summed E-state index contributed by atoms with van der Waals surface area (Å²) in [7, 11) is 0. The second-order valence-electron chi connectivity index (χ2n) is 6.50. The van der Waals surface area contributed by atoms with E-state index in [0.717, 1.165) is 5.56 Å². The van der Waals surface area contributed by atoms with Gasteiger partial charge in [-0.3, -0.25) is 4.79 Å². The summed E-state index contributed by atoms with van der Waals surface area (Å²) in [6.45, 7) is 10.9. The highest BCUT2D eigenvalue weighted by Crippen LogP contribution is 2.24. The summed E-state index contributed by atoms with van der Waals surface area (Å²) in [4.78, 5) is 12.5. The van der Waals surface area contributed by atoms with Gasteiger partial charge in [0, 0.05) is 11.5 Å². The van der Waals surface area contributed by atoms with Gasteiger partial charge in [-0.05, 0) is 29.8 Å². The Hall–Kier alpha value is -2.25. The van der Waals surface area contributed by atoms with E-state index in [1.54, 1.807) is 24.3 Å². The average Bonchev–Trinajstić information content (AvgIpc) is 2.82. The molecule has 0 radical (unpaired) electrons. The van der Waals surface area contributed by atoms with E-state index >= 15 is 0 Å². The van der Waals surface area contributed by atoms with Crippen molar-refractivity contribution < 1.29 is 24.1 Å². The molecule has 1 atom stereocenters. The molecule has 1 fully saturated rings. The van der Waals surface area contributed by atoms with Crippen LogP contribution in [0.1, 0.15) is 50.5 Å². The second-order valence-corrected chi connectivity index (χ2v) is 6.50. The van der Waals surface area contributed by atoms with Gasteiger partial charge in [0.1, 0.15) is 12.4 Å². The lowest BCUT2D eigenvalue weighted by molar-refractivity contribution is -0.391. The van der Waals surface area contributed by atoms with Gasteiger partial charge < -0.3 is 25.1 Å². The molecule has 1 aliphatic rings. The van der Waals surface area contributed by atoms with Crippen molar-refractivity contribution in [1.29, 1.82) is 0 Å². The van der Waals surface area contributed by atoms with E-state index < -0.39 is 17.8 Å². The van der Waals surface area contributed by atoms with E-state index in [0.29, 0.717) is 17.9 Å². The molecule has 2 aromatic rings. The minimum Gasteiger partial charge on any atom is -0.489 e. The summed E-state index contributed by atoms with van der Waals surface area (Å²) >= 11 is 0. The van der Waals surface area contributed by atoms with E-state index in [9.17, 15) is 9.90 Å². The number of aliphatic hydroxyl groups is 1. The summed E-state index contributed by atoms with van der Waals surface area (Å²) in [6, 6.07) is 15.1. The van der Waals surface area contributed by atoms with Crippen molar-refractivity contribution in [3.8, 4) is 5.75 Å². The third-order valence-corrected chi connectivity index (χ3v) is 4.21. The minimum absolute atomic E-state index is 0.138. The molecule has 0 bridgehead atoms. The Morgan fingerprint density at radius 3 is 2.13 bits per heavy atom. The molecule has 6 heteroatoms. The van der Waals surface area contributed by atoms with Gasteiger partial charge in [-0.2, -0.15) is 0 Å². The van der Waals surface area contributed by atoms with E-state index in [1.807, 2.05) is 65.0 Å². The molecule has 0 aliphatic carbocycles. The lowest BCUT2D eigenvalue weighted by Crippen LogP contribution is -2.59. The fraction of sp³-hybridized carbons (Fsp3) is 0.458. The molecule has 1 aliphatic heterocycles. The zero-order valence-electron chi connectivity index (χ0n) is 18.6. The number of ketones is 1. The maximum atomic E-state index is 12.5. The van der Waals surface area contributed by atoms with Gasteiger partial charge >= 0.3 is 5.97 Å². The Balaban J connectivity index is 0.00000106. The van der Waals surface area contributed by atoms with Crippen LogP contribution in [-0.4, -0.2) is 36.1 Å². The molecule has 1 heterocycles. The minimum atomic E-state index is -2.09. The smallest absolute Gasteiger partial charge is 0.304 e. The highest BCUT2D eigenvalue weighted by atomic mass is 16.8. The van der Waals surface area contributed by atoms with E-state index in [2.05, 4.69) is 0 Å². The van der Waals surface area contributed by atoms with Crippen molar-refractivity contribution in [2.75, 3.05) is 13.2 Å². The molecule has 0 amide bonds. The number of nitrogens with two attached hydrogens (primary N) is 1. The maximum Gasteiger partial charge on any atom is 0.304 e. The standard InChI is InChI=1S/C20H23NO5.2C2H6/c1-14-11-25-20(23,26-12-14)19(21)18(22)16-7-9-17(10-8-16)24-13-15-5-3-2-4-6-15;2*1-2/h2-10,14,19,23H,11-13,21H2,1H3;2*1-2H3. The van der Waals surface area contributed by atoms with Gasteiger partial charge in [-0.25, -0.2) is 0 Å². The number of rotatable bonds is 6. The van der Waals surface area contributed by atoms with Gasteiger partial charge in [0.2, 0.25) is 0 Å². The number of ether oxygens (including phenoxy) is 3. The largest absolute Gasteiger partial charge is 0.489 e. The van der Waals surface area contributed by atoms with Crippen LogP contribution in [-0.2, 0) is 16.1 Å². The zero-order valence-corrected chi connectivity index (χ0v) is 18.6. The normalized spacial score (nSPS) is 21.2. The fourth-order valence-electron chi connectivity index (χ4n) is 2.59. The highest BCUT2D eigenvalue weighted by Gasteiger charge is 2.45.